The van der Waals surface area contributed by atoms with Crippen LogP contribution >= 0.6 is 15.9 Å². The van der Waals surface area contributed by atoms with Gasteiger partial charge in [0, 0.05) is 17.6 Å². The van der Waals surface area contributed by atoms with Crippen LogP contribution in [-0.2, 0) is 4.74 Å². The number of rotatable bonds is 7. The molecule has 0 heterocycles. The lowest BCUT2D eigenvalue weighted by atomic mass is 9.96. The molecule has 1 atom stereocenters. The van der Waals surface area contributed by atoms with E-state index in [4.69, 9.17) is 4.74 Å². The zero-order valence-electron chi connectivity index (χ0n) is 12.5. The van der Waals surface area contributed by atoms with Gasteiger partial charge in [-0.3, -0.25) is 0 Å². The number of hydrogen-bond donors (Lipinski definition) is 1. The minimum Gasteiger partial charge on any atom is -0.376 e. The highest BCUT2D eigenvalue weighted by Crippen LogP contribution is 2.23. The monoisotopic (exact) mass is 327 g/mol. The lowest BCUT2D eigenvalue weighted by molar-refractivity contribution is -0.00622. The van der Waals surface area contributed by atoms with E-state index >= 15 is 0 Å². The fourth-order valence-corrected chi connectivity index (χ4v) is 2.39. The highest BCUT2D eigenvalue weighted by atomic mass is 79.9. The van der Waals surface area contributed by atoms with Gasteiger partial charge in [-0.25, -0.2) is 0 Å². The van der Waals surface area contributed by atoms with E-state index in [-0.39, 0.29) is 5.60 Å². The van der Waals surface area contributed by atoms with Crippen LogP contribution in [0.25, 0.3) is 0 Å². The lowest BCUT2D eigenvalue weighted by Crippen LogP contribution is -2.25. The van der Waals surface area contributed by atoms with Gasteiger partial charge in [0.15, 0.2) is 0 Å². The molecule has 0 saturated carbocycles. The number of benzene rings is 1. The van der Waals surface area contributed by atoms with Crippen LogP contribution in [0.2, 0.25) is 0 Å². The fourth-order valence-electron chi connectivity index (χ4n) is 1.97. The van der Waals surface area contributed by atoms with Crippen LogP contribution in [0.3, 0.4) is 0 Å². The number of nitrogens with one attached hydrogen (secondary N) is 1. The molecule has 0 aliphatic carbocycles. The van der Waals surface area contributed by atoms with Gasteiger partial charge in [-0.2, -0.15) is 0 Å². The van der Waals surface area contributed by atoms with Crippen LogP contribution in [0.1, 0.15) is 45.6 Å². The van der Waals surface area contributed by atoms with Crippen molar-refractivity contribution in [3.8, 4) is 0 Å². The predicted molar refractivity (Wildman–Crippen MR) is 85.7 cm³/mol. The first-order valence-corrected chi connectivity index (χ1v) is 7.82. The molecule has 0 fully saturated rings. The van der Waals surface area contributed by atoms with E-state index in [1.165, 1.54) is 5.56 Å². The van der Waals surface area contributed by atoms with E-state index in [2.05, 4.69) is 73.2 Å². The molecule has 0 amide bonds. The first-order valence-electron chi connectivity index (χ1n) is 7.02. The summed E-state index contributed by atoms with van der Waals surface area (Å²) in [5, 5.41) is 3.44. The van der Waals surface area contributed by atoms with Crippen molar-refractivity contribution in [2.75, 3.05) is 19.7 Å². The van der Waals surface area contributed by atoms with E-state index in [0.717, 1.165) is 30.6 Å². The number of likely N-dealkylation sites (N-methyl/N-ethyl adjacent to an activating group) is 1. The maximum absolute atomic E-state index is 5.85. The maximum Gasteiger partial charge on any atom is 0.0598 e. The minimum absolute atomic E-state index is 0.0555. The average Bonchev–Trinajstić information content (AvgIpc) is 2.32. The molecule has 1 N–H and O–H groups in total. The van der Waals surface area contributed by atoms with Crippen molar-refractivity contribution >= 4 is 15.9 Å². The van der Waals surface area contributed by atoms with Gasteiger partial charge in [0.1, 0.15) is 0 Å². The molecule has 0 aromatic heterocycles. The molecule has 1 unspecified atom stereocenters. The Morgan fingerprint density at radius 2 is 2.05 bits per heavy atom. The standard InChI is InChI=1S/C16H26BrNO/c1-5-18-12-14(9-10-19-16(2,3)4)13-7-6-8-15(17)11-13/h6-8,11,14,18H,5,9-10,12H2,1-4H3. The summed E-state index contributed by atoms with van der Waals surface area (Å²) in [7, 11) is 0. The third-order valence-corrected chi connectivity index (χ3v) is 3.46. The molecule has 0 spiro atoms. The summed E-state index contributed by atoms with van der Waals surface area (Å²) in [5.74, 6) is 0.500. The summed E-state index contributed by atoms with van der Waals surface area (Å²) in [6, 6.07) is 8.57. The smallest absolute Gasteiger partial charge is 0.0598 e. The summed E-state index contributed by atoms with van der Waals surface area (Å²) in [5.41, 5.74) is 1.31. The Kier molecular flexibility index (Phi) is 7.05. The molecule has 0 bridgehead atoms. The van der Waals surface area contributed by atoms with Crippen molar-refractivity contribution in [1.29, 1.82) is 0 Å². The molecule has 0 aliphatic rings. The maximum atomic E-state index is 5.85. The Labute approximate surface area is 126 Å². The molecule has 0 aliphatic heterocycles. The van der Waals surface area contributed by atoms with Gasteiger partial charge < -0.3 is 10.1 Å². The van der Waals surface area contributed by atoms with E-state index in [0.29, 0.717) is 5.92 Å². The molecular weight excluding hydrogens is 302 g/mol. The van der Waals surface area contributed by atoms with Gasteiger partial charge in [-0.1, -0.05) is 35.0 Å². The normalized spacial score (nSPS) is 13.5. The highest BCUT2D eigenvalue weighted by molar-refractivity contribution is 9.10. The first-order chi connectivity index (χ1) is 8.92. The van der Waals surface area contributed by atoms with Crippen LogP contribution in [0.4, 0.5) is 0 Å². The second-order valence-corrected chi connectivity index (χ2v) is 6.72. The van der Waals surface area contributed by atoms with E-state index in [1.54, 1.807) is 0 Å². The number of halogens is 1. The van der Waals surface area contributed by atoms with Gasteiger partial charge in [0.05, 0.1) is 5.60 Å². The Balaban J connectivity index is 2.61. The molecule has 0 saturated heterocycles. The van der Waals surface area contributed by atoms with Gasteiger partial charge in [-0.05, 0) is 57.4 Å². The van der Waals surface area contributed by atoms with Gasteiger partial charge in [0.25, 0.3) is 0 Å². The largest absolute Gasteiger partial charge is 0.376 e. The van der Waals surface area contributed by atoms with E-state index in [9.17, 15) is 0 Å². The average molecular weight is 328 g/mol. The first kappa shape index (κ1) is 16.7. The van der Waals surface area contributed by atoms with Crippen molar-refractivity contribution in [3.05, 3.63) is 34.3 Å². The summed E-state index contributed by atoms with van der Waals surface area (Å²) in [6.07, 6.45) is 1.04. The predicted octanol–water partition coefficient (Wildman–Crippen LogP) is 4.35. The van der Waals surface area contributed by atoms with Crippen LogP contribution in [0.15, 0.2) is 28.7 Å². The summed E-state index contributed by atoms with van der Waals surface area (Å²) < 4.78 is 6.99. The van der Waals surface area contributed by atoms with Crippen molar-refractivity contribution < 1.29 is 4.74 Å². The van der Waals surface area contributed by atoms with Crippen molar-refractivity contribution in [3.63, 3.8) is 0 Å². The van der Waals surface area contributed by atoms with Crippen molar-refractivity contribution in [2.24, 2.45) is 0 Å². The molecule has 2 nitrogen and oxygen atoms in total. The fraction of sp³-hybridized carbons (Fsp3) is 0.625. The molecule has 1 rings (SSSR count). The van der Waals surface area contributed by atoms with Crippen molar-refractivity contribution in [1.82, 2.24) is 5.32 Å². The molecule has 108 valence electrons. The summed E-state index contributed by atoms with van der Waals surface area (Å²) in [4.78, 5) is 0. The van der Waals surface area contributed by atoms with E-state index in [1.807, 2.05) is 0 Å². The zero-order valence-corrected chi connectivity index (χ0v) is 14.1. The van der Waals surface area contributed by atoms with Crippen LogP contribution in [0, 0.1) is 0 Å². The second kappa shape index (κ2) is 8.03. The molecule has 1 aromatic rings. The third-order valence-electron chi connectivity index (χ3n) is 2.96. The van der Waals surface area contributed by atoms with Crippen molar-refractivity contribution in [2.45, 2.75) is 45.6 Å². The SMILES string of the molecule is CCNCC(CCOC(C)(C)C)c1cccc(Br)c1. The van der Waals surface area contributed by atoms with Gasteiger partial charge >= 0.3 is 0 Å². The summed E-state index contributed by atoms with van der Waals surface area (Å²) >= 11 is 3.55. The Hall–Kier alpha value is -0.380. The molecular formula is C16H26BrNO. The topological polar surface area (TPSA) is 21.3 Å². The zero-order chi connectivity index (χ0) is 14.3. The number of ether oxygens (including phenoxy) is 1. The highest BCUT2D eigenvalue weighted by Gasteiger charge is 2.15. The van der Waals surface area contributed by atoms with E-state index < -0.39 is 0 Å². The van der Waals surface area contributed by atoms with Crippen LogP contribution < -0.4 is 5.32 Å². The van der Waals surface area contributed by atoms with Crippen LogP contribution in [-0.4, -0.2) is 25.3 Å². The third kappa shape index (κ3) is 7.09. The summed E-state index contributed by atoms with van der Waals surface area (Å²) in [6.45, 7) is 11.3. The molecule has 1 aromatic carbocycles. The minimum atomic E-state index is -0.0555. The van der Waals surface area contributed by atoms with Crippen LogP contribution in [0.5, 0.6) is 0 Å². The Morgan fingerprint density at radius 3 is 2.63 bits per heavy atom. The molecule has 3 heteroatoms. The molecule has 19 heavy (non-hydrogen) atoms. The van der Waals surface area contributed by atoms with Gasteiger partial charge in [-0.15, -0.1) is 0 Å². The lowest BCUT2D eigenvalue weighted by Gasteiger charge is -2.23. The Bertz CT molecular complexity index is 373. The quantitative estimate of drug-likeness (QED) is 0.803. The number of hydrogen-bond acceptors (Lipinski definition) is 2. The second-order valence-electron chi connectivity index (χ2n) is 5.81. The Morgan fingerprint density at radius 1 is 1.32 bits per heavy atom. The van der Waals surface area contributed by atoms with Gasteiger partial charge in [0.2, 0.25) is 0 Å². The molecule has 0 radical (unpaired) electrons.